The van der Waals surface area contributed by atoms with Crippen molar-refractivity contribution in [3.8, 4) is 0 Å². The van der Waals surface area contributed by atoms with Gasteiger partial charge in [-0.15, -0.1) is 0 Å². The van der Waals surface area contributed by atoms with Crippen molar-refractivity contribution in [3.05, 3.63) is 0 Å². The topological polar surface area (TPSA) is 29.1 Å². The van der Waals surface area contributed by atoms with Gasteiger partial charge in [0, 0.05) is 6.04 Å². The van der Waals surface area contributed by atoms with Gasteiger partial charge in [0.2, 0.25) is 5.91 Å². The standard InChI is InChI=1S/C14H23NOS/c1-9(15-13(16)8-17)14-5-10-2-11(6-14)4-12(3-10)7-14/h9-12,17H,2-8H2,1H3,(H,15,16)/t9-,10?,11?,12?,14?/m0/s1. The molecule has 0 aliphatic heterocycles. The molecule has 1 amide bonds. The van der Waals surface area contributed by atoms with Crippen LogP contribution in [0.3, 0.4) is 0 Å². The van der Waals surface area contributed by atoms with E-state index < -0.39 is 0 Å². The first-order valence-corrected chi connectivity index (χ1v) is 7.65. The number of amides is 1. The van der Waals surface area contributed by atoms with Crippen molar-refractivity contribution in [3.63, 3.8) is 0 Å². The summed E-state index contributed by atoms with van der Waals surface area (Å²) in [5.74, 6) is 3.28. The quantitative estimate of drug-likeness (QED) is 0.744. The van der Waals surface area contributed by atoms with E-state index in [0.29, 0.717) is 17.2 Å². The van der Waals surface area contributed by atoms with E-state index in [4.69, 9.17) is 0 Å². The SMILES string of the molecule is C[C@H](NC(=O)CS)C12CC3CC(CC(C3)C1)C2. The minimum atomic E-state index is 0.0941. The number of carbonyl (C=O) groups is 1. The molecule has 0 heterocycles. The highest BCUT2D eigenvalue weighted by Gasteiger charge is 2.53. The third-order valence-corrected chi connectivity index (χ3v) is 5.81. The molecule has 0 aromatic carbocycles. The zero-order valence-corrected chi connectivity index (χ0v) is 11.5. The summed E-state index contributed by atoms with van der Waals surface area (Å²) in [6, 6.07) is 0.343. The zero-order valence-electron chi connectivity index (χ0n) is 10.6. The van der Waals surface area contributed by atoms with Crippen molar-refractivity contribution < 1.29 is 4.79 Å². The van der Waals surface area contributed by atoms with Gasteiger partial charge in [0.1, 0.15) is 0 Å². The van der Waals surface area contributed by atoms with Crippen molar-refractivity contribution >= 4 is 18.5 Å². The van der Waals surface area contributed by atoms with Crippen molar-refractivity contribution in [2.24, 2.45) is 23.2 Å². The molecule has 4 rings (SSSR count). The number of rotatable bonds is 3. The van der Waals surface area contributed by atoms with Crippen molar-refractivity contribution in [1.82, 2.24) is 5.32 Å². The van der Waals surface area contributed by atoms with Gasteiger partial charge >= 0.3 is 0 Å². The molecule has 4 aliphatic rings. The van der Waals surface area contributed by atoms with Crippen molar-refractivity contribution in [2.45, 2.75) is 51.5 Å². The smallest absolute Gasteiger partial charge is 0.229 e. The molecular formula is C14H23NOS. The fourth-order valence-corrected chi connectivity index (χ4v) is 5.24. The predicted octanol–water partition coefficient (Wildman–Crippen LogP) is 2.64. The number of carbonyl (C=O) groups excluding carboxylic acids is 1. The van der Waals surface area contributed by atoms with Crippen LogP contribution in [0.1, 0.15) is 45.4 Å². The van der Waals surface area contributed by atoms with Gasteiger partial charge in [-0.05, 0) is 68.6 Å². The zero-order chi connectivity index (χ0) is 12.0. The highest BCUT2D eigenvalue weighted by molar-refractivity contribution is 7.81. The molecule has 4 fully saturated rings. The number of hydrogen-bond donors (Lipinski definition) is 2. The van der Waals surface area contributed by atoms with Crippen LogP contribution in [0.2, 0.25) is 0 Å². The molecule has 1 atom stereocenters. The average molecular weight is 253 g/mol. The summed E-state index contributed by atoms with van der Waals surface area (Å²) in [5, 5.41) is 3.17. The maximum Gasteiger partial charge on any atom is 0.229 e. The summed E-state index contributed by atoms with van der Waals surface area (Å²) in [7, 11) is 0. The molecule has 1 N–H and O–H groups in total. The molecule has 2 nitrogen and oxygen atoms in total. The summed E-state index contributed by atoms with van der Waals surface area (Å²) in [6.45, 7) is 2.22. The second kappa shape index (κ2) is 4.18. The lowest BCUT2D eigenvalue weighted by molar-refractivity contribution is -0.123. The molecule has 17 heavy (non-hydrogen) atoms. The Labute approximate surface area is 109 Å². The monoisotopic (exact) mass is 253 g/mol. The lowest BCUT2D eigenvalue weighted by Crippen LogP contribution is -2.56. The second-order valence-electron chi connectivity index (χ2n) is 6.73. The summed E-state index contributed by atoms with van der Waals surface area (Å²) in [5.41, 5.74) is 0.424. The molecule has 0 unspecified atom stereocenters. The van der Waals surface area contributed by atoms with Crippen LogP contribution in [0.4, 0.5) is 0 Å². The third kappa shape index (κ3) is 2.00. The van der Waals surface area contributed by atoms with E-state index in [9.17, 15) is 4.79 Å². The first-order chi connectivity index (χ1) is 8.11. The fraction of sp³-hybridized carbons (Fsp3) is 0.929. The molecule has 4 bridgehead atoms. The molecule has 0 radical (unpaired) electrons. The Hall–Kier alpha value is -0.180. The van der Waals surface area contributed by atoms with Gasteiger partial charge in [0.15, 0.2) is 0 Å². The van der Waals surface area contributed by atoms with Gasteiger partial charge in [0.05, 0.1) is 5.75 Å². The fourth-order valence-electron chi connectivity index (χ4n) is 5.15. The van der Waals surface area contributed by atoms with E-state index in [0.717, 1.165) is 17.8 Å². The van der Waals surface area contributed by atoms with Gasteiger partial charge in [-0.25, -0.2) is 0 Å². The van der Waals surface area contributed by atoms with E-state index >= 15 is 0 Å². The maximum absolute atomic E-state index is 11.5. The Morgan fingerprint density at radius 2 is 1.71 bits per heavy atom. The van der Waals surface area contributed by atoms with E-state index in [1.807, 2.05) is 0 Å². The molecule has 4 aliphatic carbocycles. The Balaban J connectivity index is 1.75. The van der Waals surface area contributed by atoms with Gasteiger partial charge in [-0.1, -0.05) is 0 Å². The van der Waals surface area contributed by atoms with Crippen LogP contribution < -0.4 is 5.32 Å². The normalized spacial score (nSPS) is 44.7. The number of nitrogens with one attached hydrogen (secondary N) is 1. The van der Waals surface area contributed by atoms with Gasteiger partial charge < -0.3 is 5.32 Å². The minimum Gasteiger partial charge on any atom is -0.352 e. The molecule has 96 valence electrons. The molecule has 0 aromatic rings. The lowest BCUT2D eigenvalue weighted by Gasteiger charge is -2.59. The predicted molar refractivity (Wildman–Crippen MR) is 72.1 cm³/mol. The summed E-state index contributed by atoms with van der Waals surface area (Å²) >= 11 is 4.06. The Kier molecular flexibility index (Phi) is 2.92. The highest BCUT2D eigenvalue weighted by atomic mass is 32.1. The molecule has 0 spiro atoms. The molecule has 4 saturated carbocycles. The average Bonchev–Trinajstić information content (AvgIpc) is 2.26. The minimum absolute atomic E-state index is 0.0941. The van der Waals surface area contributed by atoms with E-state index in [-0.39, 0.29) is 5.91 Å². The summed E-state index contributed by atoms with van der Waals surface area (Å²) < 4.78 is 0. The van der Waals surface area contributed by atoms with Crippen LogP contribution in [0.25, 0.3) is 0 Å². The third-order valence-electron chi connectivity index (χ3n) is 5.53. The van der Waals surface area contributed by atoms with Crippen LogP contribution in [0.15, 0.2) is 0 Å². The molecule has 0 saturated heterocycles. The second-order valence-corrected chi connectivity index (χ2v) is 7.04. The number of thiol groups is 1. The Morgan fingerprint density at radius 3 is 2.12 bits per heavy atom. The molecule has 0 aromatic heterocycles. The van der Waals surface area contributed by atoms with Crippen LogP contribution in [-0.2, 0) is 4.79 Å². The van der Waals surface area contributed by atoms with E-state index in [1.54, 1.807) is 0 Å². The van der Waals surface area contributed by atoms with E-state index in [2.05, 4.69) is 24.9 Å². The van der Waals surface area contributed by atoms with Gasteiger partial charge in [0.25, 0.3) is 0 Å². The summed E-state index contributed by atoms with van der Waals surface area (Å²) in [4.78, 5) is 11.5. The van der Waals surface area contributed by atoms with Crippen LogP contribution in [-0.4, -0.2) is 17.7 Å². The van der Waals surface area contributed by atoms with Crippen LogP contribution in [0, 0.1) is 23.2 Å². The largest absolute Gasteiger partial charge is 0.352 e. The Morgan fingerprint density at radius 1 is 1.24 bits per heavy atom. The van der Waals surface area contributed by atoms with Crippen LogP contribution >= 0.6 is 12.6 Å². The molecule has 3 heteroatoms. The van der Waals surface area contributed by atoms with E-state index in [1.165, 1.54) is 38.5 Å². The van der Waals surface area contributed by atoms with Gasteiger partial charge in [-0.3, -0.25) is 4.79 Å². The van der Waals surface area contributed by atoms with Crippen molar-refractivity contribution in [1.29, 1.82) is 0 Å². The summed E-state index contributed by atoms with van der Waals surface area (Å²) in [6.07, 6.45) is 8.46. The van der Waals surface area contributed by atoms with Crippen LogP contribution in [0.5, 0.6) is 0 Å². The number of hydrogen-bond acceptors (Lipinski definition) is 2. The first kappa shape index (κ1) is 11.9. The Bertz CT molecular complexity index is 293. The van der Waals surface area contributed by atoms with Gasteiger partial charge in [-0.2, -0.15) is 12.6 Å². The maximum atomic E-state index is 11.5. The lowest BCUT2D eigenvalue weighted by atomic mass is 9.48. The highest BCUT2D eigenvalue weighted by Crippen LogP contribution is 2.61. The van der Waals surface area contributed by atoms with Crippen molar-refractivity contribution in [2.75, 3.05) is 5.75 Å². The first-order valence-electron chi connectivity index (χ1n) is 7.01. The molecular weight excluding hydrogens is 230 g/mol.